The number of esters is 2. The first-order valence-electron chi connectivity index (χ1n) is 23.2. The van der Waals surface area contributed by atoms with Crippen LogP contribution in [-0.4, -0.2) is 74.9 Å². The topological polar surface area (TPSA) is 108 Å². The van der Waals surface area contributed by atoms with E-state index in [2.05, 4.69) is 50.3 Å². The van der Waals surface area contributed by atoms with Crippen LogP contribution in [0.3, 0.4) is 0 Å². The van der Waals surface area contributed by atoms with Crippen LogP contribution in [0, 0.1) is 0 Å². The molecule has 334 valence electrons. The summed E-state index contributed by atoms with van der Waals surface area (Å²) in [6.07, 6.45) is 44.7. The summed E-state index contributed by atoms with van der Waals surface area (Å²) >= 11 is 0. The van der Waals surface area contributed by atoms with Crippen molar-refractivity contribution in [1.29, 1.82) is 0 Å². The van der Waals surface area contributed by atoms with Gasteiger partial charge in [0.1, 0.15) is 19.8 Å². The van der Waals surface area contributed by atoms with E-state index in [1.165, 1.54) is 96.3 Å². The number of nitrogens with zero attached hydrogens (tertiary/aromatic N) is 1. The van der Waals surface area contributed by atoms with Crippen molar-refractivity contribution in [2.45, 2.75) is 206 Å². The summed E-state index contributed by atoms with van der Waals surface area (Å²) < 4.78 is 34.3. The van der Waals surface area contributed by atoms with E-state index >= 15 is 0 Å². The minimum Gasteiger partial charge on any atom is -0.462 e. The molecule has 0 aromatic heterocycles. The molecule has 0 aliphatic heterocycles. The normalized spacial score (nSPS) is 13.9. The number of unbranched alkanes of at least 4 members (excludes halogenated alkanes) is 22. The number of carbonyl (C=O) groups is 2. The maximum atomic E-state index is 12.7. The molecule has 10 heteroatoms. The van der Waals surface area contributed by atoms with E-state index in [4.69, 9.17) is 18.5 Å². The average molecular weight is 827 g/mol. The first-order chi connectivity index (χ1) is 27.5. The summed E-state index contributed by atoms with van der Waals surface area (Å²) in [7, 11) is 1.47. The fourth-order valence-electron chi connectivity index (χ4n) is 6.21. The van der Waals surface area contributed by atoms with E-state index < -0.39 is 26.5 Å². The molecule has 57 heavy (non-hydrogen) atoms. The molecule has 0 spiro atoms. The van der Waals surface area contributed by atoms with Gasteiger partial charge in [-0.15, -0.1) is 0 Å². The highest BCUT2D eigenvalue weighted by molar-refractivity contribution is 7.47. The second kappa shape index (κ2) is 39.7. The Labute approximate surface area is 351 Å². The minimum absolute atomic E-state index is 0.0295. The van der Waals surface area contributed by atoms with E-state index in [0.29, 0.717) is 17.4 Å². The second-order valence-electron chi connectivity index (χ2n) is 16.8. The number of ether oxygens (including phenoxy) is 2. The Kier molecular flexibility index (Phi) is 38.4. The van der Waals surface area contributed by atoms with Gasteiger partial charge in [0, 0.05) is 12.8 Å². The van der Waals surface area contributed by atoms with E-state index in [1.54, 1.807) is 0 Å². The summed E-state index contributed by atoms with van der Waals surface area (Å²) in [4.78, 5) is 35.4. The number of phosphoric acid groups is 1. The maximum absolute atomic E-state index is 12.7. The smallest absolute Gasteiger partial charge is 0.462 e. The molecule has 9 nitrogen and oxygen atoms in total. The Morgan fingerprint density at radius 2 is 0.947 bits per heavy atom. The van der Waals surface area contributed by atoms with Crippen LogP contribution < -0.4 is 0 Å². The molecule has 2 unspecified atom stereocenters. The highest BCUT2D eigenvalue weighted by Gasteiger charge is 2.27. The van der Waals surface area contributed by atoms with Crippen molar-refractivity contribution in [2.24, 2.45) is 0 Å². The number of hydrogen-bond acceptors (Lipinski definition) is 7. The van der Waals surface area contributed by atoms with Crippen molar-refractivity contribution in [3.63, 3.8) is 0 Å². The fraction of sp³-hybridized carbons (Fsp3) is 0.830. The number of hydrogen-bond donors (Lipinski definition) is 1. The van der Waals surface area contributed by atoms with E-state index in [9.17, 15) is 19.0 Å². The SMILES string of the molecule is CCCCC/C=C\C/C=C\CCCCCCCCCCCC(=O)OC(COC(=O)CCCCCCC/C=C\CCCCCCC)COP(=O)(O)OCC[N+](C)(C)C. The molecule has 2 atom stereocenters. The first kappa shape index (κ1) is 55.2. The molecular weight excluding hydrogens is 737 g/mol. The highest BCUT2D eigenvalue weighted by Crippen LogP contribution is 2.43. The summed E-state index contributed by atoms with van der Waals surface area (Å²) in [5.41, 5.74) is 0. The predicted octanol–water partition coefficient (Wildman–Crippen LogP) is 13.3. The lowest BCUT2D eigenvalue weighted by atomic mass is 10.1. The monoisotopic (exact) mass is 827 g/mol. The predicted molar refractivity (Wildman–Crippen MR) is 238 cm³/mol. The molecule has 0 fully saturated rings. The summed E-state index contributed by atoms with van der Waals surface area (Å²) in [6.45, 7) is 4.38. The van der Waals surface area contributed by atoms with Crippen LogP contribution in [0.5, 0.6) is 0 Å². The van der Waals surface area contributed by atoms with Gasteiger partial charge in [0.05, 0.1) is 27.7 Å². The van der Waals surface area contributed by atoms with Crippen LogP contribution in [0.4, 0.5) is 0 Å². The quantitative estimate of drug-likeness (QED) is 0.0213. The molecule has 0 amide bonds. The van der Waals surface area contributed by atoms with Crippen molar-refractivity contribution < 1.29 is 42.1 Å². The molecule has 0 saturated heterocycles. The van der Waals surface area contributed by atoms with Gasteiger partial charge in [-0.1, -0.05) is 153 Å². The van der Waals surface area contributed by atoms with Gasteiger partial charge < -0.3 is 18.9 Å². The Morgan fingerprint density at radius 3 is 1.44 bits per heavy atom. The number of likely N-dealkylation sites (N-methyl/N-ethyl adjacent to an activating group) is 1. The van der Waals surface area contributed by atoms with Crippen molar-refractivity contribution >= 4 is 19.8 Å². The van der Waals surface area contributed by atoms with Gasteiger partial charge in [0.15, 0.2) is 6.10 Å². The van der Waals surface area contributed by atoms with Gasteiger partial charge >= 0.3 is 19.8 Å². The second-order valence-corrected chi connectivity index (χ2v) is 18.2. The van der Waals surface area contributed by atoms with E-state index in [1.807, 2.05) is 21.1 Å². The lowest BCUT2D eigenvalue weighted by molar-refractivity contribution is -0.870. The third-order valence-corrected chi connectivity index (χ3v) is 10.9. The summed E-state index contributed by atoms with van der Waals surface area (Å²) in [6, 6.07) is 0. The Hall–Kier alpha value is -1.77. The first-order valence-corrected chi connectivity index (χ1v) is 24.7. The third kappa shape index (κ3) is 43.6. The van der Waals surface area contributed by atoms with Crippen LogP contribution >= 0.6 is 7.82 Å². The fourth-order valence-corrected chi connectivity index (χ4v) is 6.96. The van der Waals surface area contributed by atoms with Crippen LogP contribution in [0.1, 0.15) is 200 Å². The zero-order valence-electron chi connectivity index (χ0n) is 37.6. The summed E-state index contributed by atoms with van der Waals surface area (Å²) in [5.74, 6) is -0.810. The largest absolute Gasteiger partial charge is 0.472 e. The number of carbonyl (C=O) groups excluding carboxylic acids is 2. The lowest BCUT2D eigenvalue weighted by Crippen LogP contribution is -2.37. The minimum atomic E-state index is -4.38. The van der Waals surface area contributed by atoms with E-state index in [0.717, 1.165) is 70.6 Å². The van der Waals surface area contributed by atoms with E-state index in [-0.39, 0.29) is 32.0 Å². The van der Waals surface area contributed by atoms with Crippen LogP contribution in [0.15, 0.2) is 36.5 Å². The van der Waals surface area contributed by atoms with Gasteiger partial charge in [-0.3, -0.25) is 18.6 Å². The van der Waals surface area contributed by atoms with Crippen molar-refractivity contribution in [3.8, 4) is 0 Å². The third-order valence-electron chi connectivity index (χ3n) is 9.89. The lowest BCUT2D eigenvalue weighted by Gasteiger charge is -2.24. The number of allylic oxidation sites excluding steroid dienone is 6. The molecule has 0 saturated carbocycles. The van der Waals surface area contributed by atoms with Gasteiger partial charge in [-0.2, -0.15) is 0 Å². The molecule has 0 aromatic rings. The molecule has 0 aliphatic carbocycles. The Balaban J connectivity index is 4.33. The molecule has 0 aliphatic rings. The van der Waals surface area contributed by atoms with Crippen molar-refractivity contribution in [3.05, 3.63) is 36.5 Å². The average Bonchev–Trinajstić information content (AvgIpc) is 3.16. The van der Waals surface area contributed by atoms with Gasteiger partial charge in [-0.05, 0) is 70.6 Å². The Morgan fingerprint density at radius 1 is 0.544 bits per heavy atom. The zero-order chi connectivity index (χ0) is 42.1. The maximum Gasteiger partial charge on any atom is 0.472 e. The molecule has 0 aromatic carbocycles. The van der Waals surface area contributed by atoms with Crippen LogP contribution in [-0.2, 0) is 32.7 Å². The highest BCUT2D eigenvalue weighted by atomic mass is 31.2. The molecule has 0 radical (unpaired) electrons. The molecule has 0 rings (SSSR count). The van der Waals surface area contributed by atoms with Crippen molar-refractivity contribution in [2.75, 3.05) is 47.5 Å². The van der Waals surface area contributed by atoms with Crippen LogP contribution in [0.25, 0.3) is 0 Å². The van der Waals surface area contributed by atoms with Gasteiger partial charge in [0.2, 0.25) is 0 Å². The zero-order valence-corrected chi connectivity index (χ0v) is 38.5. The Bertz CT molecular complexity index is 1070. The molecular formula is C47H89NO8P+. The van der Waals surface area contributed by atoms with Crippen molar-refractivity contribution in [1.82, 2.24) is 0 Å². The van der Waals surface area contributed by atoms with Crippen LogP contribution in [0.2, 0.25) is 0 Å². The summed E-state index contributed by atoms with van der Waals surface area (Å²) in [5, 5.41) is 0. The van der Waals surface area contributed by atoms with Gasteiger partial charge in [-0.25, -0.2) is 4.57 Å². The molecule has 1 N–H and O–H groups in total. The van der Waals surface area contributed by atoms with Gasteiger partial charge in [0.25, 0.3) is 0 Å². The number of phosphoric ester groups is 1. The number of rotatable bonds is 42. The molecule has 0 heterocycles. The standard InChI is InChI=1S/C47H88NO8P/c1-6-8-10-12-14-16-18-20-22-23-24-25-26-28-30-32-34-36-38-40-47(50)56-45(44-55-57(51,52)54-42-41-48(3,4)5)43-53-46(49)39-37-35-33-31-29-27-21-19-17-15-13-11-9-7-2/h14,16,19-22,45H,6-13,15,17-18,23-44H2,1-5H3/p+1/b16-14-,21-19-,22-20-. The number of quaternary nitrogens is 1. The molecule has 0 bridgehead atoms.